The Kier molecular flexibility index (Phi) is 7.63. The summed E-state index contributed by atoms with van der Waals surface area (Å²) in [6.07, 6.45) is 2.10. The number of halogens is 2. The van der Waals surface area contributed by atoms with Crippen LogP contribution < -0.4 is 15.4 Å². The molecule has 0 spiro atoms. The van der Waals surface area contributed by atoms with Crippen LogP contribution in [-0.4, -0.2) is 25.5 Å². The molecule has 0 aliphatic carbocycles. The minimum Gasteiger partial charge on any atom is -0.488 e. The molecule has 4 nitrogen and oxygen atoms in total. The van der Waals surface area contributed by atoms with E-state index < -0.39 is 0 Å². The first kappa shape index (κ1) is 21.2. The first-order valence-corrected chi connectivity index (χ1v) is 9.01. The summed E-state index contributed by atoms with van der Waals surface area (Å²) < 4.78 is 18.8. The summed E-state index contributed by atoms with van der Waals surface area (Å²) in [6.45, 7) is 5.13. The van der Waals surface area contributed by atoms with E-state index in [1.54, 1.807) is 24.3 Å². The fourth-order valence-corrected chi connectivity index (χ4v) is 3.12. The number of ether oxygens (including phenoxy) is 1. The van der Waals surface area contributed by atoms with E-state index >= 15 is 0 Å². The lowest BCUT2D eigenvalue weighted by molar-refractivity contribution is 0.0917. The molecular formula is C21H26ClFN2O2. The highest BCUT2D eigenvalue weighted by molar-refractivity contribution is 5.96. The zero-order chi connectivity index (χ0) is 18.4. The Hall–Kier alpha value is -2.11. The second kappa shape index (κ2) is 9.72. The lowest BCUT2D eigenvalue weighted by Gasteiger charge is -2.34. The van der Waals surface area contributed by atoms with Gasteiger partial charge in [0.25, 0.3) is 5.91 Å². The molecule has 0 radical (unpaired) electrons. The Morgan fingerprint density at radius 1 is 1.15 bits per heavy atom. The summed E-state index contributed by atoms with van der Waals surface area (Å²) in [5.41, 5.74) is 1.50. The first-order valence-electron chi connectivity index (χ1n) is 9.01. The number of para-hydroxylation sites is 1. The predicted molar refractivity (Wildman–Crippen MR) is 107 cm³/mol. The molecule has 1 aliphatic rings. The summed E-state index contributed by atoms with van der Waals surface area (Å²) in [5.74, 6) is 0.129. The van der Waals surface area contributed by atoms with Gasteiger partial charge in [0, 0.05) is 6.54 Å². The van der Waals surface area contributed by atoms with Crippen LogP contribution in [0.3, 0.4) is 0 Å². The highest BCUT2D eigenvalue weighted by Crippen LogP contribution is 2.27. The van der Waals surface area contributed by atoms with E-state index in [-0.39, 0.29) is 36.2 Å². The molecule has 2 N–H and O–H groups in total. The van der Waals surface area contributed by atoms with Gasteiger partial charge in [-0.05, 0) is 61.2 Å². The molecule has 27 heavy (non-hydrogen) atoms. The van der Waals surface area contributed by atoms with E-state index in [9.17, 15) is 9.18 Å². The maximum atomic E-state index is 13.0. The van der Waals surface area contributed by atoms with E-state index in [4.69, 9.17) is 4.74 Å². The van der Waals surface area contributed by atoms with Crippen molar-refractivity contribution in [1.29, 1.82) is 0 Å². The van der Waals surface area contributed by atoms with Gasteiger partial charge < -0.3 is 15.4 Å². The van der Waals surface area contributed by atoms with Crippen LogP contribution in [0.4, 0.5) is 4.39 Å². The Labute approximate surface area is 165 Å². The summed E-state index contributed by atoms with van der Waals surface area (Å²) >= 11 is 0. The lowest BCUT2D eigenvalue weighted by atomic mass is 9.81. The number of carbonyl (C=O) groups is 1. The number of hydrogen-bond donors (Lipinski definition) is 2. The maximum Gasteiger partial charge on any atom is 0.255 e. The van der Waals surface area contributed by atoms with Gasteiger partial charge in [-0.2, -0.15) is 0 Å². The Bertz CT molecular complexity index is 746. The Morgan fingerprint density at radius 3 is 2.52 bits per heavy atom. The van der Waals surface area contributed by atoms with Gasteiger partial charge in [0.1, 0.15) is 18.2 Å². The molecule has 0 atom stereocenters. The third kappa shape index (κ3) is 5.94. The Morgan fingerprint density at radius 2 is 1.81 bits per heavy atom. The van der Waals surface area contributed by atoms with Crippen molar-refractivity contribution in [3.05, 3.63) is 65.5 Å². The molecule has 1 amide bonds. The predicted octanol–water partition coefficient (Wildman–Crippen LogP) is 3.95. The molecule has 6 heteroatoms. The normalized spacial score (nSPS) is 15.5. The fraction of sp³-hybridized carbons (Fsp3) is 0.381. The van der Waals surface area contributed by atoms with Crippen LogP contribution in [0.5, 0.6) is 5.75 Å². The summed E-state index contributed by atoms with van der Waals surface area (Å²) in [4.78, 5) is 12.7. The van der Waals surface area contributed by atoms with Gasteiger partial charge in [-0.1, -0.05) is 31.2 Å². The molecule has 146 valence electrons. The van der Waals surface area contributed by atoms with Gasteiger partial charge in [-0.15, -0.1) is 12.4 Å². The van der Waals surface area contributed by atoms with Crippen molar-refractivity contribution in [2.45, 2.75) is 26.4 Å². The number of carbonyl (C=O) groups excluding carboxylic acids is 1. The SMILES string of the molecule is CC1(CNC(=O)c2ccccc2OCc2ccc(F)cc2)CCNCC1.Cl. The molecule has 1 saturated heterocycles. The van der Waals surface area contributed by atoms with Crippen molar-refractivity contribution in [1.82, 2.24) is 10.6 Å². The van der Waals surface area contributed by atoms with Crippen LogP contribution in [0.25, 0.3) is 0 Å². The highest BCUT2D eigenvalue weighted by atomic mass is 35.5. The van der Waals surface area contributed by atoms with Crippen molar-refractivity contribution in [3.63, 3.8) is 0 Å². The van der Waals surface area contributed by atoms with Gasteiger partial charge >= 0.3 is 0 Å². The lowest BCUT2D eigenvalue weighted by Crippen LogP contribution is -2.42. The number of benzene rings is 2. The highest BCUT2D eigenvalue weighted by Gasteiger charge is 2.27. The molecule has 2 aromatic carbocycles. The van der Waals surface area contributed by atoms with Crippen molar-refractivity contribution < 1.29 is 13.9 Å². The molecule has 0 saturated carbocycles. The van der Waals surface area contributed by atoms with Crippen LogP contribution in [-0.2, 0) is 6.61 Å². The van der Waals surface area contributed by atoms with Crippen molar-refractivity contribution in [2.24, 2.45) is 5.41 Å². The molecule has 0 aromatic heterocycles. The molecular weight excluding hydrogens is 367 g/mol. The standard InChI is InChI=1S/C21H25FN2O2.ClH/c1-21(10-12-23-13-11-21)15-24-20(25)18-4-2-3-5-19(18)26-14-16-6-8-17(22)9-7-16;/h2-9,23H,10-15H2,1H3,(H,24,25);1H. The number of rotatable bonds is 6. The maximum absolute atomic E-state index is 13.0. The zero-order valence-electron chi connectivity index (χ0n) is 15.5. The van der Waals surface area contributed by atoms with E-state index in [0.717, 1.165) is 31.5 Å². The smallest absolute Gasteiger partial charge is 0.255 e. The van der Waals surface area contributed by atoms with Crippen LogP contribution in [0.2, 0.25) is 0 Å². The van der Waals surface area contributed by atoms with Gasteiger partial charge in [-0.3, -0.25) is 4.79 Å². The van der Waals surface area contributed by atoms with Crippen LogP contribution in [0, 0.1) is 11.2 Å². The third-order valence-electron chi connectivity index (χ3n) is 4.93. The largest absolute Gasteiger partial charge is 0.488 e. The average Bonchev–Trinajstić information content (AvgIpc) is 2.67. The topological polar surface area (TPSA) is 50.4 Å². The van der Waals surface area contributed by atoms with E-state index in [2.05, 4.69) is 17.6 Å². The number of hydrogen-bond acceptors (Lipinski definition) is 3. The van der Waals surface area contributed by atoms with Crippen LogP contribution in [0.15, 0.2) is 48.5 Å². The van der Waals surface area contributed by atoms with Crippen molar-refractivity contribution in [2.75, 3.05) is 19.6 Å². The zero-order valence-corrected chi connectivity index (χ0v) is 16.3. The molecule has 0 bridgehead atoms. The van der Waals surface area contributed by atoms with Crippen molar-refractivity contribution in [3.8, 4) is 5.75 Å². The molecule has 1 fully saturated rings. The molecule has 2 aromatic rings. The third-order valence-corrected chi connectivity index (χ3v) is 4.93. The average molecular weight is 393 g/mol. The van der Waals surface area contributed by atoms with Gasteiger partial charge in [0.05, 0.1) is 5.56 Å². The molecule has 1 heterocycles. The number of piperidine rings is 1. The van der Waals surface area contributed by atoms with Crippen LogP contribution >= 0.6 is 12.4 Å². The van der Waals surface area contributed by atoms with E-state index in [1.165, 1.54) is 12.1 Å². The summed E-state index contributed by atoms with van der Waals surface area (Å²) in [7, 11) is 0. The summed E-state index contributed by atoms with van der Waals surface area (Å²) in [5, 5.41) is 6.41. The minimum absolute atomic E-state index is 0. The number of amides is 1. The second-order valence-electron chi connectivity index (χ2n) is 7.15. The van der Waals surface area contributed by atoms with Gasteiger partial charge in [0.15, 0.2) is 0 Å². The molecule has 3 rings (SSSR count). The summed E-state index contributed by atoms with van der Waals surface area (Å²) in [6, 6.07) is 13.4. The van der Waals surface area contributed by atoms with Crippen molar-refractivity contribution >= 4 is 18.3 Å². The monoisotopic (exact) mass is 392 g/mol. The number of nitrogens with one attached hydrogen (secondary N) is 2. The first-order chi connectivity index (χ1) is 12.6. The minimum atomic E-state index is -0.278. The van der Waals surface area contributed by atoms with E-state index in [0.29, 0.717) is 17.9 Å². The molecule has 1 aliphatic heterocycles. The Balaban J connectivity index is 0.00000261. The van der Waals surface area contributed by atoms with Gasteiger partial charge in [-0.25, -0.2) is 4.39 Å². The van der Waals surface area contributed by atoms with Crippen LogP contribution in [0.1, 0.15) is 35.7 Å². The molecule has 0 unspecified atom stereocenters. The fourth-order valence-electron chi connectivity index (χ4n) is 3.12. The van der Waals surface area contributed by atoms with Gasteiger partial charge in [0.2, 0.25) is 0 Å². The quantitative estimate of drug-likeness (QED) is 0.782. The second-order valence-corrected chi connectivity index (χ2v) is 7.15. The van der Waals surface area contributed by atoms with E-state index in [1.807, 2.05) is 12.1 Å².